The highest BCUT2D eigenvalue weighted by Gasteiger charge is 2.12. The highest BCUT2D eigenvalue weighted by Crippen LogP contribution is 2.23. The Labute approximate surface area is 120 Å². The second-order valence-corrected chi connectivity index (χ2v) is 5.72. The number of halogens is 1. The number of hydrazone groups is 1. The monoisotopic (exact) mass is 310 g/mol. The van der Waals surface area contributed by atoms with Crippen LogP contribution < -0.4 is 4.83 Å². The third kappa shape index (κ3) is 3.69. The number of hydrogen-bond acceptors (Lipinski definition) is 5. The molecule has 6 nitrogen and oxygen atoms in total. The van der Waals surface area contributed by atoms with Crippen LogP contribution in [0.3, 0.4) is 0 Å². The molecular weight excluding hydrogens is 299 g/mol. The topological polar surface area (TPSA) is 99.0 Å². The minimum Gasteiger partial charge on any atom is -0.504 e. The summed E-state index contributed by atoms with van der Waals surface area (Å²) >= 11 is 0. The largest absolute Gasteiger partial charge is 0.504 e. The highest BCUT2D eigenvalue weighted by molar-refractivity contribution is 7.89. The number of phenolic OH excluding ortho intramolecular Hbond substituents is 2. The Morgan fingerprint density at radius 1 is 1.05 bits per heavy atom. The third-order valence-corrected chi connectivity index (χ3v) is 3.75. The molecule has 3 N–H and O–H groups in total. The molecule has 0 spiro atoms. The Morgan fingerprint density at radius 3 is 2.33 bits per heavy atom. The molecule has 0 unspecified atom stereocenters. The summed E-state index contributed by atoms with van der Waals surface area (Å²) in [6.45, 7) is 0. The molecule has 0 amide bonds. The van der Waals surface area contributed by atoms with Crippen LogP contribution in [0.4, 0.5) is 4.39 Å². The number of nitrogens with one attached hydrogen (secondary N) is 1. The maximum Gasteiger partial charge on any atom is 0.276 e. The van der Waals surface area contributed by atoms with E-state index in [4.69, 9.17) is 5.11 Å². The molecule has 2 aromatic carbocycles. The van der Waals surface area contributed by atoms with Crippen molar-refractivity contribution in [3.8, 4) is 11.5 Å². The van der Waals surface area contributed by atoms with Gasteiger partial charge in [-0.05, 0) is 48.0 Å². The van der Waals surface area contributed by atoms with Gasteiger partial charge in [0, 0.05) is 0 Å². The van der Waals surface area contributed by atoms with Gasteiger partial charge in [-0.3, -0.25) is 0 Å². The van der Waals surface area contributed by atoms with Crippen molar-refractivity contribution < 1.29 is 23.0 Å². The summed E-state index contributed by atoms with van der Waals surface area (Å²) < 4.78 is 36.4. The van der Waals surface area contributed by atoms with Crippen LogP contribution in [0.2, 0.25) is 0 Å². The Balaban J connectivity index is 2.12. The van der Waals surface area contributed by atoms with Crippen LogP contribution in [-0.4, -0.2) is 24.8 Å². The zero-order chi connectivity index (χ0) is 15.5. The second-order valence-electron chi connectivity index (χ2n) is 4.05. The van der Waals surface area contributed by atoms with Gasteiger partial charge in [0.15, 0.2) is 11.5 Å². The fourth-order valence-electron chi connectivity index (χ4n) is 1.46. The summed E-state index contributed by atoms with van der Waals surface area (Å²) in [6.07, 6.45) is 1.15. The van der Waals surface area contributed by atoms with Gasteiger partial charge in [0.1, 0.15) is 5.82 Å². The molecule has 0 heterocycles. The number of phenols is 2. The van der Waals surface area contributed by atoms with Crippen molar-refractivity contribution in [3.05, 3.63) is 53.8 Å². The Bertz CT molecular complexity index is 773. The molecular formula is C13H11FN2O4S. The SMILES string of the molecule is O=S(=O)(N/N=C/c1ccc(O)c(O)c1)c1ccc(F)cc1. The lowest BCUT2D eigenvalue weighted by Crippen LogP contribution is -2.18. The minimum absolute atomic E-state index is 0.130. The van der Waals surface area contributed by atoms with Gasteiger partial charge in [0.05, 0.1) is 11.1 Å². The van der Waals surface area contributed by atoms with Crippen molar-refractivity contribution in [2.45, 2.75) is 4.90 Å². The first-order valence-corrected chi connectivity index (χ1v) is 7.19. The van der Waals surface area contributed by atoms with E-state index in [1.807, 2.05) is 4.83 Å². The third-order valence-electron chi connectivity index (χ3n) is 2.51. The molecule has 0 aromatic heterocycles. The molecule has 21 heavy (non-hydrogen) atoms. The van der Waals surface area contributed by atoms with Crippen LogP contribution >= 0.6 is 0 Å². The van der Waals surface area contributed by atoms with E-state index in [1.54, 1.807) is 0 Å². The molecule has 0 fully saturated rings. The summed E-state index contributed by atoms with van der Waals surface area (Å²) in [7, 11) is -3.89. The smallest absolute Gasteiger partial charge is 0.276 e. The van der Waals surface area contributed by atoms with Crippen LogP contribution in [0.25, 0.3) is 0 Å². The van der Waals surface area contributed by atoms with E-state index in [-0.39, 0.29) is 16.4 Å². The van der Waals surface area contributed by atoms with E-state index in [0.717, 1.165) is 30.5 Å². The van der Waals surface area contributed by atoms with Crippen LogP contribution in [0.5, 0.6) is 11.5 Å². The van der Waals surface area contributed by atoms with Gasteiger partial charge in [-0.2, -0.15) is 13.5 Å². The highest BCUT2D eigenvalue weighted by atomic mass is 32.2. The normalized spacial score (nSPS) is 11.7. The van der Waals surface area contributed by atoms with Crippen molar-refractivity contribution >= 4 is 16.2 Å². The zero-order valence-electron chi connectivity index (χ0n) is 10.6. The molecule has 0 saturated heterocycles. The van der Waals surface area contributed by atoms with Gasteiger partial charge in [0.25, 0.3) is 10.0 Å². The van der Waals surface area contributed by atoms with E-state index in [9.17, 15) is 17.9 Å². The summed E-state index contributed by atoms with van der Waals surface area (Å²) in [5.41, 5.74) is 0.382. The van der Waals surface area contributed by atoms with Crippen molar-refractivity contribution in [1.82, 2.24) is 4.83 Å². The molecule has 8 heteroatoms. The molecule has 0 atom stereocenters. The second kappa shape index (κ2) is 5.80. The number of aromatic hydroxyl groups is 2. The number of benzene rings is 2. The van der Waals surface area contributed by atoms with Crippen molar-refractivity contribution in [3.63, 3.8) is 0 Å². The van der Waals surface area contributed by atoms with Gasteiger partial charge in [-0.1, -0.05) is 0 Å². The van der Waals surface area contributed by atoms with Crippen LogP contribution in [0, 0.1) is 5.82 Å². The molecule has 0 radical (unpaired) electrons. The molecule has 2 rings (SSSR count). The first-order valence-electron chi connectivity index (χ1n) is 5.71. The van der Waals surface area contributed by atoms with Crippen LogP contribution in [-0.2, 0) is 10.0 Å². The lowest BCUT2D eigenvalue weighted by atomic mass is 10.2. The predicted octanol–water partition coefficient (Wildman–Crippen LogP) is 1.55. The predicted molar refractivity (Wildman–Crippen MR) is 74.1 cm³/mol. The number of hydrogen-bond donors (Lipinski definition) is 3. The molecule has 2 aromatic rings. The molecule has 0 aliphatic carbocycles. The quantitative estimate of drug-likeness (QED) is 0.453. The zero-order valence-corrected chi connectivity index (χ0v) is 11.4. The lowest BCUT2D eigenvalue weighted by molar-refractivity contribution is 0.403. The van der Waals surface area contributed by atoms with Gasteiger partial charge in [-0.25, -0.2) is 9.22 Å². The van der Waals surface area contributed by atoms with Crippen LogP contribution in [0.15, 0.2) is 52.5 Å². The Kier molecular flexibility index (Phi) is 4.08. The molecule has 0 aliphatic heterocycles. The summed E-state index contributed by atoms with van der Waals surface area (Å²) in [6, 6.07) is 8.16. The first-order chi connectivity index (χ1) is 9.88. The summed E-state index contributed by atoms with van der Waals surface area (Å²) in [5, 5.41) is 21.9. The van der Waals surface area contributed by atoms with Gasteiger partial charge < -0.3 is 10.2 Å². The Morgan fingerprint density at radius 2 is 1.71 bits per heavy atom. The number of rotatable bonds is 4. The maximum absolute atomic E-state index is 12.7. The first kappa shape index (κ1) is 14.8. The lowest BCUT2D eigenvalue weighted by Gasteiger charge is -2.03. The minimum atomic E-state index is -3.89. The fourth-order valence-corrected chi connectivity index (χ4v) is 2.25. The number of sulfonamides is 1. The van der Waals surface area contributed by atoms with Crippen LogP contribution in [0.1, 0.15) is 5.56 Å². The van der Waals surface area contributed by atoms with Gasteiger partial charge >= 0.3 is 0 Å². The van der Waals surface area contributed by atoms with Gasteiger partial charge in [-0.15, -0.1) is 0 Å². The van der Waals surface area contributed by atoms with Crippen molar-refractivity contribution in [2.24, 2.45) is 5.10 Å². The molecule has 0 saturated carbocycles. The van der Waals surface area contributed by atoms with Gasteiger partial charge in [0.2, 0.25) is 0 Å². The van der Waals surface area contributed by atoms with E-state index in [0.29, 0.717) is 5.56 Å². The number of nitrogens with zero attached hydrogens (tertiary/aromatic N) is 1. The average Bonchev–Trinajstić information content (AvgIpc) is 2.43. The molecule has 0 bridgehead atoms. The van der Waals surface area contributed by atoms with E-state index in [2.05, 4.69) is 5.10 Å². The molecule has 0 aliphatic rings. The summed E-state index contributed by atoms with van der Waals surface area (Å²) in [5.74, 6) is -1.18. The average molecular weight is 310 g/mol. The Hall–Kier alpha value is -2.61. The van der Waals surface area contributed by atoms with Crippen molar-refractivity contribution in [1.29, 1.82) is 0 Å². The van der Waals surface area contributed by atoms with E-state index in [1.165, 1.54) is 18.2 Å². The van der Waals surface area contributed by atoms with Crippen molar-refractivity contribution in [2.75, 3.05) is 0 Å². The summed E-state index contributed by atoms with van der Waals surface area (Å²) in [4.78, 5) is 1.82. The standard InChI is InChI=1S/C13H11FN2O4S/c14-10-2-4-11(5-3-10)21(19,20)16-15-8-9-1-6-12(17)13(18)7-9/h1-8,16-18H/b15-8+. The maximum atomic E-state index is 12.7. The fraction of sp³-hybridized carbons (Fsp3) is 0. The van der Waals surface area contributed by atoms with E-state index < -0.39 is 15.8 Å². The van der Waals surface area contributed by atoms with E-state index >= 15 is 0 Å². The molecule has 110 valence electrons.